The van der Waals surface area contributed by atoms with Gasteiger partial charge < -0.3 is 14.0 Å². The monoisotopic (exact) mass is 365 g/mol. The zero-order valence-electron chi connectivity index (χ0n) is 14.9. The number of ether oxygens (including phenoxy) is 2. The molecule has 3 rings (SSSR count). The molecule has 0 bridgehead atoms. The molecular formula is C20H19N3O4. The highest BCUT2D eigenvalue weighted by atomic mass is 16.5. The van der Waals surface area contributed by atoms with E-state index in [1.54, 1.807) is 24.3 Å². The van der Waals surface area contributed by atoms with Crippen LogP contribution < -0.4 is 20.3 Å². The molecule has 0 atom stereocenters. The van der Waals surface area contributed by atoms with Crippen LogP contribution in [0.25, 0.3) is 5.69 Å². The van der Waals surface area contributed by atoms with E-state index in [1.165, 1.54) is 20.3 Å². The van der Waals surface area contributed by atoms with Crippen LogP contribution >= 0.6 is 0 Å². The second-order valence-corrected chi connectivity index (χ2v) is 5.62. The third-order valence-electron chi connectivity index (χ3n) is 3.97. The van der Waals surface area contributed by atoms with Crippen molar-refractivity contribution in [1.29, 1.82) is 0 Å². The van der Waals surface area contributed by atoms with Gasteiger partial charge in [-0.05, 0) is 54.6 Å². The van der Waals surface area contributed by atoms with Crippen LogP contribution in [0.1, 0.15) is 20.7 Å². The molecule has 2 aromatic carbocycles. The Balaban J connectivity index is 1.62. The predicted octanol–water partition coefficient (Wildman–Crippen LogP) is 2.57. The summed E-state index contributed by atoms with van der Waals surface area (Å²) in [6.07, 6.45) is 3.83. The highest BCUT2D eigenvalue weighted by Gasteiger charge is 2.12. The van der Waals surface area contributed by atoms with Gasteiger partial charge in [-0.1, -0.05) is 0 Å². The standard InChI is InChI=1S/C20H19N3O4/c1-26-17-10-7-15(13-18(17)27-2)20(25)22-21-19(24)14-5-8-16(9-6-14)23-11-3-4-12-23/h3-13H,1-2H3,(H,21,24)(H,22,25). The molecule has 0 saturated heterocycles. The number of hydrogen-bond donors (Lipinski definition) is 2. The maximum atomic E-state index is 12.2. The summed E-state index contributed by atoms with van der Waals surface area (Å²) in [5.74, 6) is 0.0640. The van der Waals surface area contributed by atoms with Crippen molar-refractivity contribution in [2.75, 3.05) is 14.2 Å². The normalized spacial score (nSPS) is 10.1. The molecule has 0 fully saturated rings. The van der Waals surface area contributed by atoms with Crippen molar-refractivity contribution in [3.05, 3.63) is 78.1 Å². The fourth-order valence-corrected chi connectivity index (χ4v) is 2.53. The van der Waals surface area contributed by atoms with Crippen molar-refractivity contribution in [2.45, 2.75) is 0 Å². The fraction of sp³-hybridized carbons (Fsp3) is 0.100. The number of benzene rings is 2. The first-order chi connectivity index (χ1) is 13.1. The average Bonchev–Trinajstić information content (AvgIpc) is 3.26. The minimum Gasteiger partial charge on any atom is -0.493 e. The SMILES string of the molecule is COc1ccc(C(=O)NNC(=O)c2ccc(-n3cccc3)cc2)cc1OC. The molecule has 2 amide bonds. The number of nitrogens with one attached hydrogen (secondary N) is 2. The van der Waals surface area contributed by atoms with E-state index in [1.807, 2.05) is 41.2 Å². The van der Waals surface area contributed by atoms with Crippen molar-refractivity contribution in [3.8, 4) is 17.2 Å². The van der Waals surface area contributed by atoms with E-state index in [4.69, 9.17) is 9.47 Å². The van der Waals surface area contributed by atoms with Gasteiger partial charge in [-0.25, -0.2) is 0 Å². The lowest BCUT2D eigenvalue weighted by atomic mass is 10.2. The third kappa shape index (κ3) is 4.09. The maximum absolute atomic E-state index is 12.2. The molecule has 0 spiro atoms. The number of aromatic nitrogens is 1. The lowest BCUT2D eigenvalue weighted by Gasteiger charge is -2.11. The van der Waals surface area contributed by atoms with E-state index >= 15 is 0 Å². The van der Waals surface area contributed by atoms with E-state index in [9.17, 15) is 9.59 Å². The number of carbonyl (C=O) groups excluding carboxylic acids is 2. The van der Waals surface area contributed by atoms with Gasteiger partial charge in [0.05, 0.1) is 14.2 Å². The van der Waals surface area contributed by atoms with Crippen LogP contribution in [0.3, 0.4) is 0 Å². The lowest BCUT2D eigenvalue weighted by molar-refractivity contribution is 0.0846. The number of nitrogens with zero attached hydrogens (tertiary/aromatic N) is 1. The van der Waals surface area contributed by atoms with Crippen LogP contribution in [-0.4, -0.2) is 30.6 Å². The van der Waals surface area contributed by atoms with Gasteiger partial charge in [0.2, 0.25) is 0 Å². The number of methoxy groups -OCH3 is 2. The van der Waals surface area contributed by atoms with Crippen molar-refractivity contribution >= 4 is 11.8 Å². The van der Waals surface area contributed by atoms with Crippen LogP contribution in [0.5, 0.6) is 11.5 Å². The van der Waals surface area contributed by atoms with Crippen molar-refractivity contribution < 1.29 is 19.1 Å². The van der Waals surface area contributed by atoms with Crippen LogP contribution in [0.4, 0.5) is 0 Å². The van der Waals surface area contributed by atoms with Crippen molar-refractivity contribution in [2.24, 2.45) is 0 Å². The summed E-state index contributed by atoms with van der Waals surface area (Å²) >= 11 is 0. The Morgan fingerprint density at radius 3 is 1.93 bits per heavy atom. The summed E-state index contributed by atoms with van der Waals surface area (Å²) in [5.41, 5.74) is 6.48. The highest BCUT2D eigenvalue weighted by molar-refractivity contribution is 5.99. The first-order valence-corrected chi connectivity index (χ1v) is 8.18. The minimum atomic E-state index is -0.465. The molecule has 0 aliphatic rings. The molecule has 7 heteroatoms. The molecule has 0 unspecified atom stereocenters. The molecule has 1 aromatic heterocycles. The summed E-state index contributed by atoms with van der Waals surface area (Å²) in [6.45, 7) is 0. The molecule has 0 saturated carbocycles. The van der Waals surface area contributed by atoms with Gasteiger partial charge in [0.25, 0.3) is 11.8 Å². The van der Waals surface area contributed by atoms with Gasteiger partial charge in [-0.3, -0.25) is 20.4 Å². The summed E-state index contributed by atoms with van der Waals surface area (Å²) in [6, 6.07) is 15.6. The Morgan fingerprint density at radius 2 is 1.33 bits per heavy atom. The zero-order valence-corrected chi connectivity index (χ0v) is 14.9. The third-order valence-corrected chi connectivity index (χ3v) is 3.97. The molecule has 138 valence electrons. The van der Waals surface area contributed by atoms with Gasteiger partial charge in [0.1, 0.15) is 0 Å². The summed E-state index contributed by atoms with van der Waals surface area (Å²) in [7, 11) is 3.00. The van der Waals surface area contributed by atoms with Crippen LogP contribution in [0.2, 0.25) is 0 Å². The molecule has 0 aliphatic heterocycles. The molecule has 27 heavy (non-hydrogen) atoms. The first-order valence-electron chi connectivity index (χ1n) is 8.18. The predicted molar refractivity (Wildman–Crippen MR) is 100 cm³/mol. The molecule has 3 aromatic rings. The molecule has 2 N–H and O–H groups in total. The average molecular weight is 365 g/mol. The Kier molecular flexibility index (Phi) is 5.41. The maximum Gasteiger partial charge on any atom is 0.269 e. The Bertz CT molecular complexity index is 934. The number of rotatable bonds is 5. The molecular weight excluding hydrogens is 346 g/mol. The van der Waals surface area contributed by atoms with E-state index in [2.05, 4.69) is 10.9 Å². The minimum absolute atomic E-state index is 0.330. The Labute approximate surface area is 156 Å². The number of hydrogen-bond acceptors (Lipinski definition) is 4. The summed E-state index contributed by atoms with van der Waals surface area (Å²) < 4.78 is 12.2. The molecule has 0 aliphatic carbocycles. The van der Waals surface area contributed by atoms with Crippen LogP contribution in [0.15, 0.2) is 67.0 Å². The van der Waals surface area contributed by atoms with E-state index in [0.717, 1.165) is 5.69 Å². The van der Waals surface area contributed by atoms with E-state index in [-0.39, 0.29) is 0 Å². The van der Waals surface area contributed by atoms with Gasteiger partial charge in [0.15, 0.2) is 11.5 Å². The smallest absolute Gasteiger partial charge is 0.269 e. The van der Waals surface area contributed by atoms with Gasteiger partial charge in [0, 0.05) is 29.2 Å². The fourth-order valence-electron chi connectivity index (χ4n) is 2.53. The van der Waals surface area contributed by atoms with Crippen LogP contribution in [0, 0.1) is 0 Å². The lowest BCUT2D eigenvalue weighted by Crippen LogP contribution is -2.41. The zero-order chi connectivity index (χ0) is 19.2. The Morgan fingerprint density at radius 1 is 0.778 bits per heavy atom. The molecule has 0 radical (unpaired) electrons. The largest absolute Gasteiger partial charge is 0.493 e. The number of hydrazine groups is 1. The van der Waals surface area contributed by atoms with Gasteiger partial charge in [-0.2, -0.15) is 0 Å². The molecule has 7 nitrogen and oxygen atoms in total. The van der Waals surface area contributed by atoms with Gasteiger partial charge in [-0.15, -0.1) is 0 Å². The number of carbonyl (C=O) groups is 2. The first kappa shape index (κ1) is 18.1. The second-order valence-electron chi connectivity index (χ2n) is 5.62. The quantitative estimate of drug-likeness (QED) is 0.681. The van der Waals surface area contributed by atoms with Crippen LogP contribution in [-0.2, 0) is 0 Å². The van der Waals surface area contributed by atoms with Gasteiger partial charge >= 0.3 is 0 Å². The van der Waals surface area contributed by atoms with E-state index < -0.39 is 11.8 Å². The van der Waals surface area contributed by atoms with E-state index in [0.29, 0.717) is 22.6 Å². The number of amides is 2. The highest BCUT2D eigenvalue weighted by Crippen LogP contribution is 2.27. The summed E-state index contributed by atoms with van der Waals surface area (Å²) in [5, 5.41) is 0. The Hall–Kier alpha value is -3.74. The second kappa shape index (κ2) is 8.09. The summed E-state index contributed by atoms with van der Waals surface area (Å²) in [4.78, 5) is 24.5. The molecule has 1 heterocycles. The topological polar surface area (TPSA) is 81.6 Å². The van der Waals surface area contributed by atoms with Crippen molar-refractivity contribution in [1.82, 2.24) is 15.4 Å². The van der Waals surface area contributed by atoms with Crippen molar-refractivity contribution in [3.63, 3.8) is 0 Å².